The molecule has 3 aromatic rings. The molecule has 0 bridgehead atoms. The Morgan fingerprint density at radius 3 is 2.54 bits per heavy atom. The van der Waals surface area contributed by atoms with Crippen molar-refractivity contribution in [2.75, 3.05) is 26.2 Å². The maximum atomic E-state index is 12.5. The lowest BCUT2D eigenvalue weighted by atomic mass is 10.1. The molecule has 3 heterocycles. The summed E-state index contributed by atoms with van der Waals surface area (Å²) in [7, 11) is 0. The van der Waals surface area contributed by atoms with Gasteiger partial charge in [-0.2, -0.15) is 0 Å². The van der Waals surface area contributed by atoms with E-state index in [-0.39, 0.29) is 5.56 Å². The second-order valence-electron chi connectivity index (χ2n) is 6.90. The van der Waals surface area contributed by atoms with Crippen LogP contribution in [0.2, 0.25) is 0 Å². The van der Waals surface area contributed by atoms with E-state index in [1.807, 2.05) is 24.4 Å². The summed E-state index contributed by atoms with van der Waals surface area (Å²) in [6, 6.07) is 8.60. The molecule has 0 saturated carbocycles. The maximum absolute atomic E-state index is 12.5. The van der Waals surface area contributed by atoms with E-state index in [9.17, 15) is 14.4 Å². The number of thiazole rings is 1. The number of fused-ring (bicyclic) bond motifs is 1. The molecule has 1 fully saturated rings. The van der Waals surface area contributed by atoms with Crippen molar-refractivity contribution in [1.29, 1.82) is 0 Å². The van der Waals surface area contributed by atoms with Crippen molar-refractivity contribution in [3.05, 3.63) is 69.1 Å². The molecule has 1 amide bonds. The highest BCUT2D eigenvalue weighted by molar-refractivity contribution is 7.15. The van der Waals surface area contributed by atoms with Gasteiger partial charge in [0.15, 0.2) is 4.96 Å². The third-order valence-electron chi connectivity index (χ3n) is 4.91. The highest BCUT2D eigenvalue weighted by Crippen LogP contribution is 2.12. The minimum Gasteiger partial charge on any atom is -0.333 e. The Morgan fingerprint density at radius 1 is 1.11 bits per heavy atom. The zero-order chi connectivity index (χ0) is 19.7. The van der Waals surface area contributed by atoms with Crippen LogP contribution in [0.5, 0.6) is 0 Å². The van der Waals surface area contributed by atoms with Crippen molar-refractivity contribution in [3.8, 4) is 0 Å². The van der Waals surface area contributed by atoms with Crippen LogP contribution in [0.4, 0.5) is 0 Å². The van der Waals surface area contributed by atoms with Crippen molar-refractivity contribution in [1.82, 2.24) is 19.2 Å². The Balaban J connectivity index is 1.37. The predicted molar refractivity (Wildman–Crippen MR) is 107 cm³/mol. The largest absolute Gasteiger partial charge is 0.333 e. The summed E-state index contributed by atoms with van der Waals surface area (Å²) in [5.41, 5.74) is 2.11. The van der Waals surface area contributed by atoms with E-state index in [1.165, 1.54) is 15.7 Å². The van der Waals surface area contributed by atoms with E-state index >= 15 is 0 Å². The van der Waals surface area contributed by atoms with Gasteiger partial charge < -0.3 is 4.90 Å². The van der Waals surface area contributed by atoms with Crippen molar-refractivity contribution in [2.45, 2.75) is 13.5 Å². The first-order valence-corrected chi connectivity index (χ1v) is 9.97. The summed E-state index contributed by atoms with van der Waals surface area (Å²) in [4.78, 5) is 46.0. The molecule has 1 aliphatic heterocycles. The van der Waals surface area contributed by atoms with Crippen LogP contribution in [0, 0.1) is 6.92 Å². The molecule has 28 heavy (non-hydrogen) atoms. The third kappa shape index (κ3) is 3.74. The zero-order valence-corrected chi connectivity index (χ0v) is 16.3. The number of carbonyl (C=O) groups excluding carboxylic acids is 2. The van der Waals surface area contributed by atoms with Gasteiger partial charge in [-0.1, -0.05) is 29.8 Å². The number of benzene rings is 1. The molecule has 7 nitrogen and oxygen atoms in total. The lowest BCUT2D eigenvalue weighted by Gasteiger charge is -2.34. The van der Waals surface area contributed by atoms with Gasteiger partial charge in [0.05, 0.1) is 5.69 Å². The molecule has 0 unspecified atom stereocenters. The van der Waals surface area contributed by atoms with Crippen LogP contribution >= 0.6 is 11.3 Å². The summed E-state index contributed by atoms with van der Waals surface area (Å²) in [6.07, 6.45) is 1.72. The quantitative estimate of drug-likeness (QED) is 0.495. The predicted octanol–water partition coefficient (Wildman–Crippen LogP) is 1.59. The number of aryl methyl sites for hydroxylation is 1. The van der Waals surface area contributed by atoms with Gasteiger partial charge in [-0.25, -0.2) is 4.98 Å². The van der Waals surface area contributed by atoms with Gasteiger partial charge in [-0.3, -0.25) is 23.7 Å². The first-order valence-electron chi connectivity index (χ1n) is 9.10. The number of piperazine rings is 1. The fourth-order valence-corrected chi connectivity index (χ4v) is 4.02. The number of carbonyl (C=O) groups is 2. The van der Waals surface area contributed by atoms with E-state index in [0.717, 1.165) is 11.3 Å². The number of ketones is 1. The number of Topliss-reactive ketones (excluding diaryl/α,β-unsaturated/α-hetero) is 1. The molecule has 144 valence electrons. The van der Waals surface area contributed by atoms with Crippen LogP contribution in [-0.2, 0) is 11.3 Å². The van der Waals surface area contributed by atoms with E-state index in [2.05, 4.69) is 9.88 Å². The van der Waals surface area contributed by atoms with Crippen LogP contribution < -0.4 is 5.56 Å². The van der Waals surface area contributed by atoms with Gasteiger partial charge in [0.25, 0.3) is 11.5 Å². The minimum absolute atomic E-state index is 0.0845. The summed E-state index contributed by atoms with van der Waals surface area (Å²) in [6.45, 7) is 4.73. The molecule has 4 rings (SSSR count). The summed E-state index contributed by atoms with van der Waals surface area (Å²) in [5.74, 6) is -0.925. The molecule has 0 aliphatic carbocycles. The number of rotatable bonds is 4. The van der Waals surface area contributed by atoms with Crippen LogP contribution in [0.25, 0.3) is 4.96 Å². The molecule has 0 spiro atoms. The zero-order valence-electron chi connectivity index (χ0n) is 15.5. The molecule has 1 aliphatic rings. The molecule has 1 saturated heterocycles. The molecular weight excluding hydrogens is 376 g/mol. The molecule has 0 radical (unpaired) electrons. The molecule has 0 atom stereocenters. The van der Waals surface area contributed by atoms with E-state index in [0.29, 0.717) is 43.2 Å². The van der Waals surface area contributed by atoms with Gasteiger partial charge in [-0.05, 0) is 6.92 Å². The van der Waals surface area contributed by atoms with Gasteiger partial charge in [-0.15, -0.1) is 11.3 Å². The van der Waals surface area contributed by atoms with Crippen molar-refractivity contribution < 1.29 is 9.59 Å². The fraction of sp³-hybridized carbons (Fsp3) is 0.300. The first kappa shape index (κ1) is 18.5. The highest BCUT2D eigenvalue weighted by atomic mass is 32.1. The lowest BCUT2D eigenvalue weighted by Crippen LogP contribution is -2.50. The van der Waals surface area contributed by atoms with Crippen molar-refractivity contribution in [2.24, 2.45) is 0 Å². The smallest absolute Gasteiger partial charge is 0.295 e. The van der Waals surface area contributed by atoms with Crippen molar-refractivity contribution in [3.63, 3.8) is 0 Å². The summed E-state index contributed by atoms with van der Waals surface area (Å²) in [5, 5.41) is 1.84. The Kier molecular flexibility index (Phi) is 5.06. The Hall–Kier alpha value is -2.84. The average Bonchev–Trinajstić information content (AvgIpc) is 3.17. The average molecular weight is 396 g/mol. The molecule has 0 N–H and O–H groups in total. The Labute approximate surface area is 165 Å². The SMILES string of the molecule is Cc1ccc(C(=O)C(=O)N2CCN(Cc3cc(=O)n4ccsc4n3)CC2)cc1. The second-order valence-corrected chi connectivity index (χ2v) is 7.78. The van der Waals surface area contributed by atoms with E-state index in [1.54, 1.807) is 29.3 Å². The van der Waals surface area contributed by atoms with Crippen LogP contribution in [0.15, 0.2) is 46.7 Å². The summed E-state index contributed by atoms with van der Waals surface area (Å²) >= 11 is 1.43. The highest BCUT2D eigenvalue weighted by Gasteiger charge is 2.27. The fourth-order valence-electron chi connectivity index (χ4n) is 3.28. The molecule has 1 aromatic carbocycles. The van der Waals surface area contributed by atoms with Crippen LogP contribution in [0.1, 0.15) is 21.6 Å². The number of hydrogen-bond donors (Lipinski definition) is 0. The standard InChI is InChI=1S/C20H20N4O3S/c1-14-2-4-15(5-3-14)18(26)19(27)23-8-6-22(7-9-23)13-16-12-17(25)24-10-11-28-20(24)21-16/h2-5,10-12H,6-9,13H2,1H3. The lowest BCUT2D eigenvalue weighted by molar-refractivity contribution is -0.128. The number of nitrogens with zero attached hydrogens (tertiary/aromatic N) is 4. The maximum Gasteiger partial charge on any atom is 0.295 e. The monoisotopic (exact) mass is 396 g/mol. The number of aromatic nitrogens is 2. The van der Waals surface area contributed by atoms with Crippen LogP contribution in [0.3, 0.4) is 0 Å². The normalized spacial score (nSPS) is 15.1. The van der Waals surface area contributed by atoms with Gasteiger partial charge in [0.2, 0.25) is 5.78 Å². The Bertz CT molecular complexity index is 1080. The molecule has 2 aromatic heterocycles. The van der Waals surface area contributed by atoms with E-state index < -0.39 is 11.7 Å². The second kappa shape index (κ2) is 7.65. The number of hydrogen-bond acceptors (Lipinski definition) is 6. The van der Waals surface area contributed by atoms with Gasteiger partial charge in [0, 0.05) is 55.9 Å². The number of amides is 1. The van der Waals surface area contributed by atoms with Gasteiger partial charge in [0.1, 0.15) is 0 Å². The minimum atomic E-state index is -0.466. The Morgan fingerprint density at radius 2 is 1.82 bits per heavy atom. The summed E-state index contributed by atoms with van der Waals surface area (Å²) < 4.78 is 1.53. The van der Waals surface area contributed by atoms with E-state index in [4.69, 9.17) is 0 Å². The molecular formula is C20H20N4O3S. The molecule has 8 heteroatoms. The first-order chi connectivity index (χ1) is 13.5. The third-order valence-corrected chi connectivity index (χ3v) is 5.67. The topological polar surface area (TPSA) is 75.0 Å². The van der Waals surface area contributed by atoms with Gasteiger partial charge >= 0.3 is 0 Å². The van der Waals surface area contributed by atoms with Crippen LogP contribution in [-0.4, -0.2) is 57.1 Å². The van der Waals surface area contributed by atoms with Crippen molar-refractivity contribution >= 4 is 28.0 Å².